The molecule has 1 aliphatic heterocycles. The van der Waals surface area contributed by atoms with Gasteiger partial charge in [0.2, 0.25) is 0 Å². The molecule has 1 fully saturated rings. The van der Waals surface area contributed by atoms with Crippen molar-refractivity contribution < 1.29 is 8.42 Å². The molecule has 0 unspecified atom stereocenters. The fraction of sp³-hybridized carbons (Fsp3) is 0.600. The molecule has 1 atom stereocenters. The number of nitrogens with zero attached hydrogens (tertiary/aromatic N) is 1. The fourth-order valence-corrected chi connectivity index (χ4v) is 5.32. The lowest BCUT2D eigenvalue weighted by atomic mass is 10.3. The maximum absolute atomic E-state index is 12.4. The topological polar surface area (TPSA) is 49.4 Å². The van der Waals surface area contributed by atoms with E-state index >= 15 is 0 Å². The SMILES string of the molecule is Cc1cc(S(=O)(=O)N2CCNC[C@@H]2C)sc1Cl.Cl. The number of piperazine rings is 1. The average Bonchev–Trinajstić information content (AvgIpc) is 2.60. The highest BCUT2D eigenvalue weighted by Gasteiger charge is 2.32. The van der Waals surface area contributed by atoms with Crippen LogP contribution in [0.1, 0.15) is 12.5 Å². The number of hydrogen-bond donors (Lipinski definition) is 1. The van der Waals surface area contributed by atoms with Crippen LogP contribution in [0, 0.1) is 6.92 Å². The van der Waals surface area contributed by atoms with E-state index in [1.165, 1.54) is 0 Å². The van der Waals surface area contributed by atoms with Crippen LogP contribution < -0.4 is 5.32 Å². The van der Waals surface area contributed by atoms with E-state index in [2.05, 4.69) is 5.32 Å². The monoisotopic (exact) mass is 330 g/mol. The van der Waals surface area contributed by atoms with E-state index in [1.54, 1.807) is 10.4 Å². The molecule has 1 aromatic heterocycles. The number of sulfonamides is 1. The summed E-state index contributed by atoms with van der Waals surface area (Å²) in [5, 5.41) is 3.18. The first kappa shape index (κ1) is 16.2. The van der Waals surface area contributed by atoms with Crippen LogP contribution >= 0.6 is 35.3 Å². The molecule has 0 radical (unpaired) electrons. The van der Waals surface area contributed by atoms with Gasteiger partial charge in [-0.1, -0.05) is 11.6 Å². The van der Waals surface area contributed by atoms with E-state index in [-0.39, 0.29) is 18.4 Å². The van der Waals surface area contributed by atoms with Gasteiger partial charge in [0.1, 0.15) is 4.21 Å². The maximum Gasteiger partial charge on any atom is 0.252 e. The summed E-state index contributed by atoms with van der Waals surface area (Å²) in [5.41, 5.74) is 0.818. The minimum atomic E-state index is -3.39. The van der Waals surface area contributed by atoms with Gasteiger partial charge in [0.15, 0.2) is 0 Å². The van der Waals surface area contributed by atoms with Crippen LogP contribution in [0.4, 0.5) is 0 Å². The lowest BCUT2D eigenvalue weighted by Gasteiger charge is -2.32. The average molecular weight is 331 g/mol. The number of nitrogens with one attached hydrogen (secondary N) is 1. The summed E-state index contributed by atoms with van der Waals surface area (Å²) in [5.74, 6) is 0. The Bertz CT molecular complexity index is 496. The van der Waals surface area contributed by atoms with E-state index in [0.29, 0.717) is 28.2 Å². The van der Waals surface area contributed by atoms with Crippen LogP contribution in [0.5, 0.6) is 0 Å². The molecular weight excluding hydrogens is 315 g/mol. The van der Waals surface area contributed by atoms with Crippen molar-refractivity contribution in [3.05, 3.63) is 16.0 Å². The third-order valence-electron chi connectivity index (χ3n) is 2.84. The Kier molecular flexibility index (Phi) is 5.46. The smallest absolute Gasteiger partial charge is 0.252 e. The molecule has 0 aliphatic carbocycles. The second-order valence-corrected chi connectivity index (χ2v) is 7.96. The Morgan fingerprint density at radius 2 is 2.22 bits per heavy atom. The Hall–Kier alpha value is 0.150. The Morgan fingerprint density at radius 1 is 1.56 bits per heavy atom. The molecule has 1 aromatic rings. The molecule has 1 saturated heterocycles. The standard InChI is InChI=1S/C10H15ClN2O2S2.ClH/c1-7-5-9(16-10(7)11)17(14,15)13-4-3-12-6-8(13)2;/h5,8,12H,3-4,6H2,1-2H3;1H/t8-;/m0./s1. The molecule has 2 heterocycles. The molecule has 0 aromatic carbocycles. The zero-order valence-electron chi connectivity index (χ0n) is 10.1. The summed E-state index contributed by atoms with van der Waals surface area (Å²) in [4.78, 5) is 0. The number of aryl methyl sites for hydroxylation is 1. The van der Waals surface area contributed by atoms with Gasteiger partial charge in [-0.2, -0.15) is 4.31 Å². The summed E-state index contributed by atoms with van der Waals surface area (Å²) < 4.78 is 27.3. The van der Waals surface area contributed by atoms with Gasteiger partial charge in [-0.05, 0) is 25.5 Å². The van der Waals surface area contributed by atoms with Crippen molar-refractivity contribution in [2.24, 2.45) is 0 Å². The van der Waals surface area contributed by atoms with Gasteiger partial charge in [-0.3, -0.25) is 0 Å². The largest absolute Gasteiger partial charge is 0.314 e. The zero-order chi connectivity index (χ0) is 12.6. The predicted octanol–water partition coefficient (Wildman–Crippen LogP) is 2.11. The normalized spacial score (nSPS) is 21.6. The number of rotatable bonds is 2. The first-order valence-corrected chi connectivity index (χ1v) is 8.05. The lowest BCUT2D eigenvalue weighted by molar-refractivity contribution is 0.284. The van der Waals surface area contributed by atoms with Crippen LogP contribution in [0.3, 0.4) is 0 Å². The van der Waals surface area contributed by atoms with Crippen molar-refractivity contribution >= 4 is 45.4 Å². The van der Waals surface area contributed by atoms with E-state index < -0.39 is 10.0 Å². The molecular formula is C10H16Cl2N2O2S2. The first-order valence-electron chi connectivity index (χ1n) is 5.41. The molecule has 0 saturated carbocycles. The highest BCUT2D eigenvalue weighted by Crippen LogP contribution is 2.32. The number of hydrogen-bond acceptors (Lipinski definition) is 4. The highest BCUT2D eigenvalue weighted by molar-refractivity contribution is 7.91. The molecule has 0 bridgehead atoms. The first-order chi connectivity index (χ1) is 7.93. The third kappa shape index (κ3) is 3.00. The van der Waals surface area contributed by atoms with E-state index in [9.17, 15) is 8.42 Å². The van der Waals surface area contributed by atoms with Gasteiger partial charge in [0.05, 0.1) is 4.34 Å². The van der Waals surface area contributed by atoms with Crippen LogP contribution in [0.2, 0.25) is 4.34 Å². The van der Waals surface area contributed by atoms with Crippen molar-refractivity contribution in [1.29, 1.82) is 0 Å². The summed E-state index contributed by atoms with van der Waals surface area (Å²) >= 11 is 7.07. The van der Waals surface area contributed by atoms with E-state index in [4.69, 9.17) is 11.6 Å². The fourth-order valence-electron chi connectivity index (χ4n) is 1.85. The molecule has 1 aliphatic rings. The summed E-state index contributed by atoms with van der Waals surface area (Å²) in [6.45, 7) is 5.63. The van der Waals surface area contributed by atoms with Gasteiger partial charge in [-0.15, -0.1) is 23.7 Å². The van der Waals surface area contributed by atoms with E-state index in [1.807, 2.05) is 13.8 Å². The molecule has 18 heavy (non-hydrogen) atoms. The van der Waals surface area contributed by atoms with Crippen molar-refractivity contribution in [2.75, 3.05) is 19.6 Å². The summed E-state index contributed by atoms with van der Waals surface area (Å²) in [6, 6.07) is 1.63. The maximum atomic E-state index is 12.4. The van der Waals surface area contributed by atoms with Crippen LogP contribution in [0.25, 0.3) is 0 Å². The van der Waals surface area contributed by atoms with Crippen LogP contribution in [-0.2, 0) is 10.0 Å². The van der Waals surface area contributed by atoms with Crippen molar-refractivity contribution in [3.63, 3.8) is 0 Å². The van der Waals surface area contributed by atoms with E-state index in [0.717, 1.165) is 16.9 Å². The van der Waals surface area contributed by atoms with Crippen molar-refractivity contribution in [3.8, 4) is 0 Å². The number of thiophene rings is 1. The van der Waals surface area contributed by atoms with Gasteiger partial charge in [0.25, 0.3) is 10.0 Å². The van der Waals surface area contributed by atoms with Gasteiger partial charge >= 0.3 is 0 Å². The molecule has 4 nitrogen and oxygen atoms in total. The second-order valence-electron chi connectivity index (χ2n) is 4.19. The van der Waals surface area contributed by atoms with Gasteiger partial charge in [0, 0.05) is 25.7 Å². The molecule has 0 spiro atoms. The third-order valence-corrected chi connectivity index (χ3v) is 6.86. The van der Waals surface area contributed by atoms with Crippen LogP contribution in [-0.4, -0.2) is 38.4 Å². The molecule has 8 heteroatoms. The van der Waals surface area contributed by atoms with Crippen molar-refractivity contribution in [1.82, 2.24) is 9.62 Å². The predicted molar refractivity (Wildman–Crippen MR) is 77.5 cm³/mol. The second kappa shape index (κ2) is 6.07. The lowest BCUT2D eigenvalue weighted by Crippen LogP contribution is -2.51. The Labute approximate surface area is 123 Å². The molecule has 0 amide bonds. The summed E-state index contributed by atoms with van der Waals surface area (Å²) in [6.07, 6.45) is 0. The molecule has 1 N–H and O–H groups in total. The van der Waals surface area contributed by atoms with Crippen molar-refractivity contribution in [2.45, 2.75) is 24.1 Å². The Morgan fingerprint density at radius 3 is 2.72 bits per heavy atom. The van der Waals surface area contributed by atoms with Crippen LogP contribution in [0.15, 0.2) is 10.3 Å². The minimum Gasteiger partial charge on any atom is -0.314 e. The highest BCUT2D eigenvalue weighted by atomic mass is 35.5. The van der Waals surface area contributed by atoms with Gasteiger partial charge in [-0.25, -0.2) is 8.42 Å². The quantitative estimate of drug-likeness (QED) is 0.903. The Balaban J connectivity index is 0.00000162. The number of halogens is 2. The van der Waals surface area contributed by atoms with Gasteiger partial charge < -0.3 is 5.32 Å². The molecule has 104 valence electrons. The minimum absolute atomic E-state index is 0. The zero-order valence-corrected chi connectivity index (χ0v) is 13.3. The summed E-state index contributed by atoms with van der Waals surface area (Å²) in [7, 11) is -3.39. The molecule has 2 rings (SSSR count).